The van der Waals surface area contributed by atoms with Crippen molar-refractivity contribution in [3.05, 3.63) is 29.8 Å². The van der Waals surface area contributed by atoms with Crippen molar-refractivity contribution in [1.29, 1.82) is 0 Å². The second kappa shape index (κ2) is 11.0. The van der Waals surface area contributed by atoms with Crippen LogP contribution in [-0.4, -0.2) is 80.6 Å². The molecule has 3 rings (SSSR count). The van der Waals surface area contributed by atoms with Crippen LogP contribution in [0.1, 0.15) is 23.2 Å². The highest BCUT2D eigenvalue weighted by Gasteiger charge is 2.39. The van der Waals surface area contributed by atoms with Crippen molar-refractivity contribution in [3.8, 4) is 0 Å². The van der Waals surface area contributed by atoms with Crippen molar-refractivity contribution < 1.29 is 14.3 Å². The molecule has 2 aliphatic heterocycles. The lowest BCUT2D eigenvalue weighted by Gasteiger charge is -2.34. The van der Waals surface area contributed by atoms with Crippen LogP contribution in [0.25, 0.3) is 0 Å². The van der Waals surface area contributed by atoms with E-state index in [9.17, 15) is 9.59 Å². The van der Waals surface area contributed by atoms with Crippen molar-refractivity contribution in [2.75, 3.05) is 58.7 Å². The Morgan fingerprint density at radius 2 is 1.61 bits per heavy atom. The van der Waals surface area contributed by atoms with E-state index in [2.05, 4.69) is 22.6 Å². The first kappa shape index (κ1) is 24.7. The first-order chi connectivity index (χ1) is 12.5. The third kappa shape index (κ3) is 5.58. The summed E-state index contributed by atoms with van der Waals surface area (Å²) in [6.45, 7) is 4.82. The van der Waals surface area contributed by atoms with Crippen LogP contribution in [0, 0.1) is 0 Å². The minimum Gasteiger partial charge on any atom is -0.368 e. The molecule has 28 heavy (non-hydrogen) atoms. The van der Waals surface area contributed by atoms with Gasteiger partial charge in [-0.3, -0.25) is 9.59 Å². The normalized spacial score (nSPS) is 19.1. The molecule has 0 bridgehead atoms. The highest BCUT2D eigenvalue weighted by molar-refractivity contribution is 5.98. The predicted molar refractivity (Wildman–Crippen MR) is 115 cm³/mol. The van der Waals surface area contributed by atoms with E-state index in [1.165, 1.54) is 0 Å². The number of hydrogen-bond donors (Lipinski definition) is 2. The van der Waals surface area contributed by atoms with Crippen LogP contribution in [-0.2, 0) is 9.53 Å². The lowest BCUT2D eigenvalue weighted by molar-refractivity contribution is -0.140. The first-order valence-corrected chi connectivity index (χ1v) is 9.19. The Balaban J connectivity index is 0.00000196. The molecule has 0 aliphatic carbocycles. The van der Waals surface area contributed by atoms with Crippen molar-refractivity contribution in [1.82, 2.24) is 15.1 Å². The van der Waals surface area contributed by atoms with Gasteiger partial charge in [-0.15, -0.1) is 24.8 Å². The van der Waals surface area contributed by atoms with Gasteiger partial charge in [-0.2, -0.15) is 0 Å². The molecule has 0 spiro atoms. The number of anilines is 1. The van der Waals surface area contributed by atoms with E-state index in [0.717, 1.165) is 39.3 Å². The molecular formula is C19H30Cl2N4O3. The number of ether oxygens (including phenoxy) is 1. The van der Waals surface area contributed by atoms with Gasteiger partial charge in [0.25, 0.3) is 11.8 Å². The quantitative estimate of drug-likeness (QED) is 0.755. The molecule has 2 heterocycles. The Hall–Kier alpha value is -1.38. The number of halogens is 2. The van der Waals surface area contributed by atoms with Crippen LogP contribution in [0.15, 0.2) is 24.3 Å². The standard InChI is InChI=1S/C19H28N4O3.2ClH/c1-22-11-13-23(14-12-22)17(24)15-3-5-16(6-4-15)21-18(25)19(26-2)7-9-20-10-8-19;;/h3-6,20H,7-14H2,1-2H3,(H,21,25);2*1H. The van der Waals surface area contributed by atoms with Gasteiger partial charge in [-0.1, -0.05) is 0 Å². The predicted octanol–water partition coefficient (Wildman–Crippen LogP) is 1.62. The van der Waals surface area contributed by atoms with Gasteiger partial charge in [0.2, 0.25) is 0 Å². The molecule has 0 unspecified atom stereocenters. The molecule has 158 valence electrons. The Labute approximate surface area is 179 Å². The summed E-state index contributed by atoms with van der Waals surface area (Å²) in [6.07, 6.45) is 1.30. The number of carbonyl (C=O) groups excluding carboxylic acids is 2. The maximum absolute atomic E-state index is 12.7. The van der Waals surface area contributed by atoms with Gasteiger partial charge < -0.3 is 25.2 Å². The molecule has 2 saturated heterocycles. The lowest BCUT2D eigenvalue weighted by Crippen LogP contribution is -2.51. The Bertz CT molecular complexity index is 643. The fraction of sp³-hybridized carbons (Fsp3) is 0.579. The number of nitrogens with zero attached hydrogens (tertiary/aromatic N) is 2. The fourth-order valence-corrected chi connectivity index (χ4v) is 3.49. The summed E-state index contributed by atoms with van der Waals surface area (Å²) in [4.78, 5) is 29.3. The third-order valence-electron chi connectivity index (χ3n) is 5.40. The topological polar surface area (TPSA) is 73.9 Å². The van der Waals surface area contributed by atoms with Gasteiger partial charge in [0.05, 0.1) is 0 Å². The maximum atomic E-state index is 12.7. The van der Waals surface area contributed by atoms with Crippen molar-refractivity contribution in [2.24, 2.45) is 0 Å². The van der Waals surface area contributed by atoms with Crippen molar-refractivity contribution in [3.63, 3.8) is 0 Å². The van der Waals surface area contributed by atoms with Crippen LogP contribution in [0.3, 0.4) is 0 Å². The Morgan fingerprint density at radius 3 is 2.14 bits per heavy atom. The molecule has 2 aliphatic rings. The largest absolute Gasteiger partial charge is 0.368 e. The summed E-state index contributed by atoms with van der Waals surface area (Å²) in [7, 11) is 3.65. The van der Waals surface area contributed by atoms with Gasteiger partial charge in [0.1, 0.15) is 5.60 Å². The highest BCUT2D eigenvalue weighted by atomic mass is 35.5. The minimum absolute atomic E-state index is 0. The van der Waals surface area contributed by atoms with Gasteiger partial charge >= 0.3 is 0 Å². The van der Waals surface area contributed by atoms with E-state index < -0.39 is 5.60 Å². The molecule has 1 aromatic carbocycles. The molecule has 2 fully saturated rings. The minimum atomic E-state index is -0.778. The number of likely N-dealkylation sites (N-methyl/N-ethyl adjacent to an activating group) is 1. The monoisotopic (exact) mass is 432 g/mol. The molecule has 9 heteroatoms. The van der Waals surface area contributed by atoms with Crippen LogP contribution in [0.2, 0.25) is 0 Å². The Kier molecular flexibility index (Phi) is 9.66. The number of amides is 2. The molecule has 0 radical (unpaired) electrons. The van der Waals surface area contributed by atoms with Crippen molar-refractivity contribution in [2.45, 2.75) is 18.4 Å². The molecular weight excluding hydrogens is 403 g/mol. The highest BCUT2D eigenvalue weighted by Crippen LogP contribution is 2.24. The van der Waals surface area contributed by atoms with Gasteiger partial charge in [0.15, 0.2) is 0 Å². The average Bonchev–Trinajstić information content (AvgIpc) is 2.69. The van der Waals surface area contributed by atoms with Crippen molar-refractivity contribution >= 4 is 42.3 Å². The SMILES string of the molecule is COC1(C(=O)Nc2ccc(C(=O)N3CCN(C)CC3)cc2)CCNCC1.Cl.Cl. The van der Waals surface area contributed by atoms with E-state index >= 15 is 0 Å². The number of benzene rings is 1. The number of hydrogen-bond acceptors (Lipinski definition) is 5. The third-order valence-corrected chi connectivity index (χ3v) is 5.40. The van der Waals surface area contributed by atoms with E-state index in [1.54, 1.807) is 31.4 Å². The number of methoxy groups -OCH3 is 1. The van der Waals surface area contributed by atoms with Crippen LogP contribution < -0.4 is 10.6 Å². The summed E-state index contributed by atoms with van der Waals surface area (Å²) in [6, 6.07) is 7.12. The van der Waals surface area contributed by atoms with Crippen LogP contribution >= 0.6 is 24.8 Å². The zero-order chi connectivity index (χ0) is 18.6. The number of carbonyl (C=O) groups is 2. The van der Waals surface area contributed by atoms with Crippen LogP contribution in [0.4, 0.5) is 5.69 Å². The van der Waals surface area contributed by atoms with Crippen LogP contribution in [0.5, 0.6) is 0 Å². The smallest absolute Gasteiger partial charge is 0.256 e. The van der Waals surface area contributed by atoms with Gasteiger partial charge in [-0.25, -0.2) is 0 Å². The molecule has 2 N–H and O–H groups in total. The molecule has 2 amide bonds. The van der Waals surface area contributed by atoms with Gasteiger partial charge in [-0.05, 0) is 57.2 Å². The second-order valence-electron chi connectivity index (χ2n) is 7.08. The molecule has 1 aromatic rings. The summed E-state index contributed by atoms with van der Waals surface area (Å²) in [5.74, 6) is -0.0812. The average molecular weight is 433 g/mol. The lowest BCUT2D eigenvalue weighted by atomic mass is 9.91. The molecule has 0 saturated carbocycles. The van der Waals surface area contributed by atoms with E-state index in [0.29, 0.717) is 24.1 Å². The maximum Gasteiger partial charge on any atom is 0.256 e. The van der Waals surface area contributed by atoms with E-state index in [1.807, 2.05) is 4.90 Å². The van der Waals surface area contributed by atoms with E-state index in [4.69, 9.17) is 4.74 Å². The number of nitrogens with one attached hydrogen (secondary N) is 2. The van der Waals surface area contributed by atoms with Gasteiger partial charge in [0, 0.05) is 44.5 Å². The fourth-order valence-electron chi connectivity index (χ4n) is 3.49. The number of piperazine rings is 1. The first-order valence-electron chi connectivity index (χ1n) is 9.19. The second-order valence-corrected chi connectivity index (χ2v) is 7.08. The summed E-state index contributed by atoms with van der Waals surface area (Å²) >= 11 is 0. The zero-order valence-electron chi connectivity index (χ0n) is 16.4. The number of rotatable bonds is 4. The molecule has 7 nitrogen and oxygen atoms in total. The Morgan fingerprint density at radius 1 is 1.04 bits per heavy atom. The summed E-state index contributed by atoms with van der Waals surface area (Å²) in [5.41, 5.74) is 0.551. The van der Waals surface area contributed by atoms with E-state index in [-0.39, 0.29) is 36.6 Å². The summed E-state index contributed by atoms with van der Waals surface area (Å²) < 4.78 is 5.55. The zero-order valence-corrected chi connectivity index (χ0v) is 18.0. The summed E-state index contributed by atoms with van der Waals surface area (Å²) in [5, 5.41) is 6.17. The number of piperidine rings is 1. The molecule has 0 aromatic heterocycles. The molecule has 0 atom stereocenters.